The molecule has 0 aliphatic heterocycles. The van der Waals surface area contributed by atoms with Crippen LogP contribution in [0.1, 0.15) is 16.7 Å². The highest BCUT2D eigenvalue weighted by atomic mass is 35.5. The fourth-order valence-corrected chi connectivity index (χ4v) is 2.70. The van der Waals surface area contributed by atoms with E-state index in [1.807, 2.05) is 36.5 Å². The Balaban J connectivity index is 1.62. The van der Waals surface area contributed by atoms with Gasteiger partial charge in [-0.1, -0.05) is 29.8 Å². The number of hydrogen-bond acceptors (Lipinski definition) is 2. The van der Waals surface area contributed by atoms with Crippen LogP contribution in [0.4, 0.5) is 4.39 Å². The Hall–Kier alpha value is -2.43. The second-order valence-electron chi connectivity index (χ2n) is 5.73. The van der Waals surface area contributed by atoms with Crippen LogP contribution in [-0.4, -0.2) is 4.98 Å². The zero-order valence-electron chi connectivity index (χ0n) is 13.7. The summed E-state index contributed by atoms with van der Waals surface area (Å²) in [4.78, 5) is 4.12. The van der Waals surface area contributed by atoms with Gasteiger partial charge in [0.25, 0.3) is 0 Å². The van der Waals surface area contributed by atoms with Crippen molar-refractivity contribution in [2.45, 2.75) is 19.7 Å². The van der Waals surface area contributed by atoms with Gasteiger partial charge in [0.15, 0.2) is 0 Å². The predicted octanol–water partition coefficient (Wildman–Crippen LogP) is 3.72. The molecular formula is C20H19ClFN2O+. The quantitative estimate of drug-likeness (QED) is 0.700. The molecule has 0 fully saturated rings. The number of quaternary nitrogens is 1. The van der Waals surface area contributed by atoms with E-state index in [4.69, 9.17) is 16.3 Å². The van der Waals surface area contributed by atoms with Crippen LogP contribution in [0.15, 0.2) is 67.0 Å². The Kier molecular flexibility index (Phi) is 5.99. The second kappa shape index (κ2) is 8.60. The first-order chi connectivity index (χ1) is 12.2. The molecule has 128 valence electrons. The van der Waals surface area contributed by atoms with Gasteiger partial charge in [-0.15, -0.1) is 0 Å². The van der Waals surface area contributed by atoms with Crippen molar-refractivity contribution in [3.8, 4) is 5.75 Å². The monoisotopic (exact) mass is 357 g/mol. The molecule has 25 heavy (non-hydrogen) atoms. The minimum Gasteiger partial charge on any atom is -0.488 e. The van der Waals surface area contributed by atoms with Crippen LogP contribution >= 0.6 is 11.6 Å². The Morgan fingerprint density at radius 3 is 2.60 bits per heavy atom. The van der Waals surface area contributed by atoms with Crippen molar-refractivity contribution in [3.05, 3.63) is 94.5 Å². The van der Waals surface area contributed by atoms with E-state index in [0.29, 0.717) is 11.6 Å². The molecule has 1 heterocycles. The van der Waals surface area contributed by atoms with E-state index in [1.165, 1.54) is 17.7 Å². The Bertz CT molecular complexity index is 810. The third-order valence-electron chi connectivity index (χ3n) is 3.80. The van der Waals surface area contributed by atoms with Gasteiger partial charge in [0.05, 0.1) is 0 Å². The van der Waals surface area contributed by atoms with E-state index in [0.717, 1.165) is 30.0 Å². The van der Waals surface area contributed by atoms with Crippen molar-refractivity contribution < 1.29 is 14.4 Å². The van der Waals surface area contributed by atoms with E-state index in [9.17, 15) is 4.39 Å². The maximum absolute atomic E-state index is 13.0. The first-order valence-corrected chi connectivity index (χ1v) is 8.45. The standard InChI is InChI=1S/C20H18ClFN2O/c21-18-5-8-20(25-14-15-3-6-19(22)7-4-15)17(10-18)13-24-12-16-2-1-9-23-11-16/h1-11,24H,12-14H2/p+1. The summed E-state index contributed by atoms with van der Waals surface area (Å²) < 4.78 is 18.9. The maximum atomic E-state index is 13.0. The van der Waals surface area contributed by atoms with E-state index in [1.54, 1.807) is 18.3 Å². The number of aromatic nitrogens is 1. The molecule has 0 atom stereocenters. The number of halogens is 2. The van der Waals surface area contributed by atoms with E-state index < -0.39 is 0 Å². The molecule has 0 amide bonds. The number of hydrogen-bond donors (Lipinski definition) is 1. The third kappa shape index (κ3) is 5.28. The van der Waals surface area contributed by atoms with Crippen LogP contribution in [0, 0.1) is 5.82 Å². The molecule has 3 aromatic rings. The molecule has 2 aromatic carbocycles. The van der Waals surface area contributed by atoms with Crippen molar-refractivity contribution in [2.75, 3.05) is 0 Å². The van der Waals surface area contributed by atoms with Gasteiger partial charge in [-0.3, -0.25) is 4.98 Å². The molecule has 0 bridgehead atoms. The highest BCUT2D eigenvalue weighted by molar-refractivity contribution is 6.30. The highest BCUT2D eigenvalue weighted by Gasteiger charge is 2.08. The lowest BCUT2D eigenvalue weighted by Crippen LogP contribution is -2.80. The van der Waals surface area contributed by atoms with Gasteiger partial charge < -0.3 is 10.1 Å². The van der Waals surface area contributed by atoms with Gasteiger partial charge in [0.2, 0.25) is 0 Å². The average Bonchev–Trinajstić information content (AvgIpc) is 2.63. The number of pyridine rings is 1. The van der Waals surface area contributed by atoms with Crippen molar-refractivity contribution in [2.24, 2.45) is 0 Å². The van der Waals surface area contributed by atoms with Crippen LogP contribution in [0.3, 0.4) is 0 Å². The molecule has 0 unspecified atom stereocenters. The molecule has 0 aliphatic carbocycles. The summed E-state index contributed by atoms with van der Waals surface area (Å²) in [6, 6.07) is 15.9. The summed E-state index contributed by atoms with van der Waals surface area (Å²) in [5.74, 6) is 0.539. The smallest absolute Gasteiger partial charge is 0.128 e. The van der Waals surface area contributed by atoms with E-state index in [-0.39, 0.29) is 5.82 Å². The number of nitrogens with two attached hydrogens (primary N) is 1. The van der Waals surface area contributed by atoms with Crippen molar-refractivity contribution in [1.82, 2.24) is 4.98 Å². The Labute approximate surface area is 151 Å². The maximum Gasteiger partial charge on any atom is 0.128 e. The predicted molar refractivity (Wildman–Crippen MR) is 95.8 cm³/mol. The number of rotatable bonds is 7. The molecule has 0 radical (unpaired) electrons. The molecule has 0 aliphatic rings. The zero-order valence-corrected chi connectivity index (χ0v) is 14.4. The Morgan fingerprint density at radius 1 is 1.00 bits per heavy atom. The van der Waals surface area contributed by atoms with Gasteiger partial charge >= 0.3 is 0 Å². The first-order valence-electron chi connectivity index (χ1n) is 8.07. The minimum absolute atomic E-state index is 0.249. The highest BCUT2D eigenvalue weighted by Crippen LogP contribution is 2.23. The third-order valence-corrected chi connectivity index (χ3v) is 4.03. The van der Waals surface area contributed by atoms with Gasteiger partial charge in [-0.2, -0.15) is 0 Å². The van der Waals surface area contributed by atoms with Gasteiger partial charge in [0, 0.05) is 28.5 Å². The summed E-state index contributed by atoms with van der Waals surface area (Å²) in [6.45, 7) is 1.96. The summed E-state index contributed by atoms with van der Waals surface area (Å²) in [6.07, 6.45) is 3.63. The second-order valence-corrected chi connectivity index (χ2v) is 6.16. The fourth-order valence-electron chi connectivity index (χ4n) is 2.50. The van der Waals surface area contributed by atoms with Crippen LogP contribution < -0.4 is 10.1 Å². The summed E-state index contributed by atoms with van der Waals surface area (Å²) in [5.41, 5.74) is 3.11. The summed E-state index contributed by atoms with van der Waals surface area (Å²) in [7, 11) is 0. The number of benzene rings is 2. The summed E-state index contributed by atoms with van der Waals surface area (Å²) in [5, 5.41) is 2.85. The average molecular weight is 358 g/mol. The van der Waals surface area contributed by atoms with Crippen molar-refractivity contribution in [3.63, 3.8) is 0 Å². The topological polar surface area (TPSA) is 38.7 Å². The zero-order chi connectivity index (χ0) is 17.5. The molecular weight excluding hydrogens is 339 g/mol. The lowest BCUT2D eigenvalue weighted by molar-refractivity contribution is -0.686. The van der Waals surface area contributed by atoms with Gasteiger partial charge in [-0.05, 0) is 42.0 Å². The van der Waals surface area contributed by atoms with E-state index >= 15 is 0 Å². The van der Waals surface area contributed by atoms with Crippen molar-refractivity contribution >= 4 is 11.6 Å². The fraction of sp³-hybridized carbons (Fsp3) is 0.150. The van der Waals surface area contributed by atoms with Crippen molar-refractivity contribution in [1.29, 1.82) is 0 Å². The number of nitrogens with zero attached hydrogens (tertiary/aromatic N) is 1. The van der Waals surface area contributed by atoms with Crippen LogP contribution in [-0.2, 0) is 19.7 Å². The molecule has 2 N–H and O–H groups in total. The normalized spacial score (nSPS) is 10.6. The van der Waals surface area contributed by atoms with Gasteiger partial charge in [0.1, 0.15) is 31.3 Å². The minimum atomic E-state index is -0.249. The van der Waals surface area contributed by atoms with Crippen LogP contribution in [0.5, 0.6) is 5.75 Å². The molecule has 5 heteroatoms. The molecule has 1 aromatic heterocycles. The number of ether oxygens (including phenoxy) is 1. The Morgan fingerprint density at radius 2 is 1.84 bits per heavy atom. The van der Waals surface area contributed by atoms with E-state index in [2.05, 4.69) is 10.3 Å². The van der Waals surface area contributed by atoms with Gasteiger partial charge in [-0.25, -0.2) is 4.39 Å². The van der Waals surface area contributed by atoms with Crippen LogP contribution in [0.25, 0.3) is 0 Å². The SMILES string of the molecule is Fc1ccc(COc2ccc(Cl)cc2C[NH2+]Cc2cccnc2)cc1. The molecule has 3 rings (SSSR count). The molecule has 0 saturated heterocycles. The molecule has 0 spiro atoms. The lowest BCUT2D eigenvalue weighted by atomic mass is 10.2. The summed E-state index contributed by atoms with van der Waals surface area (Å²) >= 11 is 6.13. The molecule has 3 nitrogen and oxygen atoms in total. The largest absolute Gasteiger partial charge is 0.488 e. The molecule has 0 saturated carbocycles. The van der Waals surface area contributed by atoms with Crippen LogP contribution in [0.2, 0.25) is 5.02 Å². The first kappa shape index (κ1) is 17.4. The lowest BCUT2D eigenvalue weighted by Gasteiger charge is -2.11.